The number of aromatic nitrogens is 6. The zero-order valence-electron chi connectivity index (χ0n) is 13.7. The third-order valence-corrected chi connectivity index (χ3v) is 4.50. The molecule has 0 fully saturated rings. The van der Waals surface area contributed by atoms with E-state index >= 15 is 0 Å². The Morgan fingerprint density at radius 1 is 1.12 bits per heavy atom. The van der Waals surface area contributed by atoms with Crippen molar-refractivity contribution in [3.05, 3.63) is 65.0 Å². The van der Waals surface area contributed by atoms with Gasteiger partial charge in [0, 0.05) is 16.5 Å². The lowest BCUT2D eigenvalue weighted by atomic mass is 10.2. The Morgan fingerprint density at radius 3 is 2.81 bits per heavy atom. The average Bonchev–Trinajstić information content (AvgIpc) is 3.40. The van der Waals surface area contributed by atoms with Crippen molar-refractivity contribution in [2.24, 2.45) is 0 Å². The molecule has 1 amide bonds. The van der Waals surface area contributed by atoms with Crippen molar-refractivity contribution in [3.63, 3.8) is 0 Å². The maximum Gasteiger partial charge on any atom is 0.249 e. The number of carbonyl (C=O) groups excluding carboxylic acids is 1. The molecular formula is C17H15N7OS. The summed E-state index contributed by atoms with van der Waals surface area (Å²) in [5.41, 5.74) is 0.855. The number of nitrogens with one attached hydrogen (secondary N) is 1. The van der Waals surface area contributed by atoms with Gasteiger partial charge in [-0.3, -0.25) is 4.79 Å². The Balaban J connectivity index is 1.41. The normalized spacial score (nSPS) is 10.8. The molecule has 1 aromatic carbocycles. The van der Waals surface area contributed by atoms with Gasteiger partial charge < -0.3 is 5.32 Å². The first-order valence-corrected chi connectivity index (χ1v) is 8.83. The summed E-state index contributed by atoms with van der Waals surface area (Å²) < 4.78 is 1.74. The van der Waals surface area contributed by atoms with Crippen LogP contribution in [0.15, 0.2) is 60.1 Å². The minimum atomic E-state index is -0.241. The van der Waals surface area contributed by atoms with Crippen LogP contribution in [-0.2, 0) is 17.9 Å². The number of rotatable bonds is 6. The molecule has 0 saturated carbocycles. The van der Waals surface area contributed by atoms with Crippen molar-refractivity contribution in [1.82, 2.24) is 30.0 Å². The van der Waals surface area contributed by atoms with Crippen LogP contribution in [0.1, 0.15) is 4.88 Å². The number of amides is 1. The Hall–Kier alpha value is -3.33. The fourth-order valence-corrected chi connectivity index (χ4v) is 3.12. The van der Waals surface area contributed by atoms with E-state index in [9.17, 15) is 4.79 Å². The van der Waals surface area contributed by atoms with Crippen molar-refractivity contribution in [1.29, 1.82) is 0 Å². The van der Waals surface area contributed by atoms with Crippen LogP contribution < -0.4 is 5.32 Å². The molecule has 3 aromatic heterocycles. The molecule has 0 aliphatic carbocycles. The van der Waals surface area contributed by atoms with Gasteiger partial charge in [-0.25, -0.2) is 4.68 Å². The smallest absolute Gasteiger partial charge is 0.249 e. The molecule has 0 saturated heterocycles. The van der Waals surface area contributed by atoms with Gasteiger partial charge in [-0.1, -0.05) is 36.4 Å². The third-order valence-electron chi connectivity index (χ3n) is 3.64. The summed E-state index contributed by atoms with van der Waals surface area (Å²) in [4.78, 5) is 14.7. The SMILES string of the molecule is O=C(Cn1nnc(-c2ccccc2)n1)Nc1ccnn1Cc1cccs1. The van der Waals surface area contributed by atoms with E-state index in [0.717, 1.165) is 10.4 Å². The summed E-state index contributed by atoms with van der Waals surface area (Å²) in [5.74, 6) is 0.878. The predicted molar refractivity (Wildman–Crippen MR) is 97.5 cm³/mol. The summed E-state index contributed by atoms with van der Waals surface area (Å²) in [6.45, 7) is 0.587. The molecule has 0 unspecified atom stereocenters. The molecule has 0 aliphatic rings. The van der Waals surface area contributed by atoms with Crippen LogP contribution in [0, 0.1) is 0 Å². The first kappa shape index (κ1) is 16.2. The second-order valence-corrected chi connectivity index (χ2v) is 6.54. The summed E-state index contributed by atoms with van der Waals surface area (Å²) in [6, 6.07) is 15.3. The van der Waals surface area contributed by atoms with Crippen LogP contribution in [0.5, 0.6) is 0 Å². The average molecular weight is 365 g/mol. The van der Waals surface area contributed by atoms with E-state index in [1.807, 2.05) is 47.8 Å². The lowest BCUT2D eigenvalue weighted by Gasteiger charge is -2.07. The van der Waals surface area contributed by atoms with Gasteiger partial charge in [0.1, 0.15) is 12.4 Å². The van der Waals surface area contributed by atoms with E-state index in [4.69, 9.17) is 0 Å². The minimum absolute atomic E-state index is 0.0238. The van der Waals surface area contributed by atoms with Gasteiger partial charge in [0.2, 0.25) is 11.7 Å². The number of thiophene rings is 1. The number of hydrogen-bond donors (Lipinski definition) is 1. The Labute approximate surface area is 153 Å². The first-order valence-electron chi connectivity index (χ1n) is 7.95. The lowest BCUT2D eigenvalue weighted by Crippen LogP contribution is -2.22. The van der Waals surface area contributed by atoms with Crippen molar-refractivity contribution in [2.45, 2.75) is 13.1 Å². The van der Waals surface area contributed by atoms with E-state index < -0.39 is 0 Å². The molecule has 8 nitrogen and oxygen atoms in total. The van der Waals surface area contributed by atoms with Gasteiger partial charge >= 0.3 is 0 Å². The Kier molecular flexibility index (Phi) is 4.52. The fourth-order valence-electron chi connectivity index (χ4n) is 2.44. The maximum absolute atomic E-state index is 12.3. The van der Waals surface area contributed by atoms with E-state index in [2.05, 4.69) is 25.8 Å². The molecule has 0 aliphatic heterocycles. The monoisotopic (exact) mass is 365 g/mol. The van der Waals surface area contributed by atoms with Gasteiger partial charge in [0.05, 0.1) is 12.7 Å². The standard InChI is InChI=1S/C17H15N7OS/c25-16(12-24-21-17(20-22-24)13-5-2-1-3-6-13)19-15-8-9-18-23(15)11-14-7-4-10-26-14/h1-10H,11-12H2,(H,19,25). The zero-order valence-corrected chi connectivity index (χ0v) is 14.5. The molecule has 4 rings (SSSR count). The van der Waals surface area contributed by atoms with Crippen LogP contribution >= 0.6 is 11.3 Å². The Morgan fingerprint density at radius 2 is 2.00 bits per heavy atom. The quantitative estimate of drug-likeness (QED) is 0.566. The molecular weight excluding hydrogens is 350 g/mol. The van der Waals surface area contributed by atoms with E-state index in [1.54, 1.807) is 28.3 Å². The predicted octanol–water partition coefficient (Wildman–Crippen LogP) is 2.29. The van der Waals surface area contributed by atoms with Gasteiger partial charge in [-0.15, -0.1) is 21.5 Å². The molecule has 26 heavy (non-hydrogen) atoms. The highest BCUT2D eigenvalue weighted by Crippen LogP contribution is 2.15. The summed E-state index contributed by atoms with van der Waals surface area (Å²) in [6.07, 6.45) is 1.66. The second-order valence-electron chi connectivity index (χ2n) is 5.51. The van der Waals surface area contributed by atoms with Crippen LogP contribution in [0.3, 0.4) is 0 Å². The molecule has 0 spiro atoms. The molecule has 130 valence electrons. The molecule has 0 bridgehead atoms. The first-order chi connectivity index (χ1) is 12.8. The lowest BCUT2D eigenvalue weighted by molar-refractivity contribution is -0.117. The van der Waals surface area contributed by atoms with Crippen LogP contribution in [-0.4, -0.2) is 35.9 Å². The van der Waals surface area contributed by atoms with Gasteiger partial charge in [0.25, 0.3) is 0 Å². The molecule has 3 heterocycles. The van der Waals surface area contributed by atoms with Crippen LogP contribution in [0.4, 0.5) is 5.82 Å². The molecule has 0 radical (unpaired) electrons. The maximum atomic E-state index is 12.3. The van der Waals surface area contributed by atoms with Crippen molar-refractivity contribution in [2.75, 3.05) is 5.32 Å². The summed E-state index contributed by atoms with van der Waals surface area (Å²) in [7, 11) is 0. The van der Waals surface area contributed by atoms with E-state index in [1.165, 1.54) is 4.80 Å². The highest BCUT2D eigenvalue weighted by atomic mass is 32.1. The van der Waals surface area contributed by atoms with Gasteiger partial charge in [0.15, 0.2) is 0 Å². The van der Waals surface area contributed by atoms with Gasteiger partial charge in [-0.2, -0.15) is 9.90 Å². The molecule has 4 aromatic rings. The largest absolute Gasteiger partial charge is 0.309 e. The van der Waals surface area contributed by atoms with Crippen LogP contribution in [0.2, 0.25) is 0 Å². The highest BCUT2D eigenvalue weighted by Gasteiger charge is 2.12. The third kappa shape index (κ3) is 3.67. The van der Waals surface area contributed by atoms with Crippen molar-refractivity contribution in [3.8, 4) is 11.4 Å². The van der Waals surface area contributed by atoms with Crippen LogP contribution in [0.25, 0.3) is 11.4 Å². The van der Waals surface area contributed by atoms with Crippen molar-refractivity contribution >= 4 is 23.1 Å². The van der Waals surface area contributed by atoms with E-state index in [-0.39, 0.29) is 12.5 Å². The number of tetrazole rings is 1. The fraction of sp³-hybridized carbons (Fsp3) is 0.118. The summed E-state index contributed by atoms with van der Waals surface area (Å²) in [5, 5.41) is 21.3. The van der Waals surface area contributed by atoms with Crippen molar-refractivity contribution < 1.29 is 4.79 Å². The Bertz CT molecular complexity index is 991. The number of carbonyl (C=O) groups is 1. The highest BCUT2D eigenvalue weighted by molar-refractivity contribution is 7.09. The second kappa shape index (κ2) is 7.28. The topological polar surface area (TPSA) is 90.5 Å². The molecule has 9 heteroatoms. The summed E-state index contributed by atoms with van der Waals surface area (Å²) >= 11 is 1.65. The zero-order chi connectivity index (χ0) is 17.8. The molecule has 1 N–H and O–H groups in total. The number of benzene rings is 1. The number of nitrogens with zero attached hydrogens (tertiary/aromatic N) is 6. The molecule has 0 atom stereocenters. The number of anilines is 1. The minimum Gasteiger partial charge on any atom is -0.309 e. The number of hydrogen-bond acceptors (Lipinski definition) is 6. The van der Waals surface area contributed by atoms with Gasteiger partial charge in [-0.05, 0) is 16.7 Å². The van der Waals surface area contributed by atoms with E-state index in [0.29, 0.717) is 18.2 Å².